The predicted molar refractivity (Wildman–Crippen MR) is 108 cm³/mol. The summed E-state index contributed by atoms with van der Waals surface area (Å²) in [6.07, 6.45) is 0. The number of hydrogen-bond donors (Lipinski definition) is 2. The van der Waals surface area contributed by atoms with E-state index >= 15 is 0 Å². The molecule has 4 nitrogen and oxygen atoms in total. The molecule has 2 N–H and O–H groups in total. The summed E-state index contributed by atoms with van der Waals surface area (Å²) in [5.41, 5.74) is 11.7. The lowest BCUT2D eigenvalue weighted by Crippen LogP contribution is -2.46. The number of aliphatic imine (C=N–C) groups is 2. The fraction of sp³-hybridized carbons (Fsp3) is 0.364. The average molecular weight is 346 g/mol. The van der Waals surface area contributed by atoms with E-state index in [0.717, 1.165) is 22.8 Å². The van der Waals surface area contributed by atoms with Gasteiger partial charge in [0.25, 0.3) is 0 Å². The van der Waals surface area contributed by atoms with E-state index in [4.69, 9.17) is 9.98 Å². The zero-order valence-corrected chi connectivity index (χ0v) is 15.8. The van der Waals surface area contributed by atoms with Crippen LogP contribution in [0.25, 0.3) is 0 Å². The molecule has 0 saturated heterocycles. The van der Waals surface area contributed by atoms with Crippen LogP contribution in [0.2, 0.25) is 0 Å². The third-order valence-corrected chi connectivity index (χ3v) is 5.82. The van der Waals surface area contributed by atoms with Crippen LogP contribution in [-0.2, 0) is 0 Å². The number of nitrogens with zero attached hydrogens (tertiary/aromatic N) is 2. The summed E-state index contributed by atoms with van der Waals surface area (Å²) in [6, 6.07) is 17.5. The largest absolute Gasteiger partial charge is 0.283 e. The Morgan fingerprint density at radius 2 is 1.00 bits per heavy atom. The number of nitrogens with one attached hydrogen (secondary N) is 2. The predicted octanol–water partition coefficient (Wildman–Crippen LogP) is 3.99. The Labute approximate surface area is 155 Å². The normalized spacial score (nSPS) is 26.9. The SMILES string of the molecule is CC1N=C(NNC2=NC(C)C(C)c3ccccc32)c2ccccc2C1C. The maximum atomic E-state index is 4.87. The van der Waals surface area contributed by atoms with E-state index in [9.17, 15) is 0 Å². The van der Waals surface area contributed by atoms with Gasteiger partial charge in [-0.2, -0.15) is 0 Å². The third kappa shape index (κ3) is 2.79. The lowest BCUT2D eigenvalue weighted by Gasteiger charge is -2.30. The van der Waals surface area contributed by atoms with Gasteiger partial charge in [-0.15, -0.1) is 0 Å². The van der Waals surface area contributed by atoms with Crippen LogP contribution < -0.4 is 10.9 Å². The molecule has 0 bridgehead atoms. The molecule has 2 aromatic rings. The van der Waals surface area contributed by atoms with E-state index < -0.39 is 0 Å². The molecule has 0 aromatic heterocycles. The Morgan fingerprint density at radius 1 is 0.615 bits per heavy atom. The summed E-state index contributed by atoms with van der Waals surface area (Å²) in [5, 5.41) is 0. The molecular weight excluding hydrogens is 320 g/mol. The van der Waals surface area contributed by atoms with Gasteiger partial charge >= 0.3 is 0 Å². The molecule has 0 amide bonds. The number of amidine groups is 2. The first kappa shape index (κ1) is 16.8. The second kappa shape index (κ2) is 6.60. The molecule has 4 heteroatoms. The Hall–Kier alpha value is -2.62. The smallest absolute Gasteiger partial charge is 0.147 e. The van der Waals surface area contributed by atoms with Crippen molar-refractivity contribution in [1.82, 2.24) is 10.9 Å². The van der Waals surface area contributed by atoms with Gasteiger partial charge in [0.15, 0.2) is 0 Å². The summed E-state index contributed by atoms with van der Waals surface area (Å²) in [6.45, 7) is 8.81. The first-order chi connectivity index (χ1) is 12.6. The summed E-state index contributed by atoms with van der Waals surface area (Å²) in [4.78, 5) is 9.73. The number of fused-ring (bicyclic) bond motifs is 2. The molecule has 2 aromatic carbocycles. The maximum Gasteiger partial charge on any atom is 0.147 e. The van der Waals surface area contributed by atoms with Crippen molar-refractivity contribution in [2.45, 2.75) is 51.6 Å². The van der Waals surface area contributed by atoms with E-state index in [-0.39, 0.29) is 12.1 Å². The van der Waals surface area contributed by atoms with Gasteiger partial charge in [-0.1, -0.05) is 62.4 Å². The van der Waals surface area contributed by atoms with Crippen molar-refractivity contribution in [1.29, 1.82) is 0 Å². The monoisotopic (exact) mass is 346 g/mol. The molecule has 2 aliphatic rings. The van der Waals surface area contributed by atoms with Crippen molar-refractivity contribution in [3.8, 4) is 0 Å². The summed E-state index contributed by atoms with van der Waals surface area (Å²) < 4.78 is 0. The number of rotatable bonds is 0. The highest BCUT2D eigenvalue weighted by Gasteiger charge is 2.27. The Kier molecular flexibility index (Phi) is 4.27. The van der Waals surface area contributed by atoms with Crippen LogP contribution in [0.4, 0.5) is 0 Å². The van der Waals surface area contributed by atoms with Crippen LogP contribution >= 0.6 is 0 Å². The first-order valence-corrected chi connectivity index (χ1v) is 9.42. The van der Waals surface area contributed by atoms with Crippen molar-refractivity contribution >= 4 is 11.7 Å². The van der Waals surface area contributed by atoms with Gasteiger partial charge < -0.3 is 0 Å². The molecule has 4 atom stereocenters. The lowest BCUT2D eigenvalue weighted by molar-refractivity contribution is 0.589. The molecule has 4 rings (SSSR count). The van der Waals surface area contributed by atoms with Gasteiger partial charge in [-0.05, 0) is 25.0 Å². The Morgan fingerprint density at radius 3 is 1.42 bits per heavy atom. The van der Waals surface area contributed by atoms with Crippen LogP contribution in [-0.4, -0.2) is 23.8 Å². The molecule has 0 saturated carbocycles. The van der Waals surface area contributed by atoms with Crippen LogP contribution in [0.5, 0.6) is 0 Å². The minimum atomic E-state index is 0.244. The van der Waals surface area contributed by atoms with Crippen LogP contribution in [0.1, 0.15) is 61.8 Å². The summed E-state index contributed by atoms with van der Waals surface area (Å²) in [5.74, 6) is 2.62. The molecule has 0 spiro atoms. The summed E-state index contributed by atoms with van der Waals surface area (Å²) >= 11 is 0. The molecule has 0 fully saturated rings. The van der Waals surface area contributed by atoms with Gasteiger partial charge in [-0.3, -0.25) is 20.8 Å². The van der Waals surface area contributed by atoms with Crippen LogP contribution in [0.3, 0.4) is 0 Å². The van der Waals surface area contributed by atoms with Crippen LogP contribution in [0.15, 0.2) is 58.5 Å². The van der Waals surface area contributed by atoms with Crippen molar-refractivity contribution in [3.05, 3.63) is 70.8 Å². The molecule has 4 unspecified atom stereocenters. The zero-order chi connectivity index (χ0) is 18.3. The molecule has 2 heterocycles. The molecule has 134 valence electrons. The third-order valence-electron chi connectivity index (χ3n) is 5.82. The van der Waals surface area contributed by atoms with E-state index in [1.165, 1.54) is 11.1 Å². The minimum absolute atomic E-state index is 0.244. The highest BCUT2D eigenvalue weighted by molar-refractivity contribution is 6.05. The minimum Gasteiger partial charge on any atom is -0.283 e. The maximum absolute atomic E-state index is 4.87. The van der Waals surface area contributed by atoms with Gasteiger partial charge in [0.1, 0.15) is 11.7 Å². The van der Waals surface area contributed by atoms with E-state index in [0.29, 0.717) is 11.8 Å². The molecule has 26 heavy (non-hydrogen) atoms. The summed E-state index contributed by atoms with van der Waals surface area (Å²) in [7, 11) is 0. The highest BCUT2D eigenvalue weighted by Crippen LogP contribution is 2.30. The van der Waals surface area contributed by atoms with Gasteiger partial charge in [-0.25, -0.2) is 0 Å². The fourth-order valence-electron chi connectivity index (χ4n) is 3.83. The lowest BCUT2D eigenvalue weighted by atomic mass is 9.87. The Bertz CT molecular complexity index is 810. The second-order valence-corrected chi connectivity index (χ2v) is 7.44. The van der Waals surface area contributed by atoms with E-state index in [1.54, 1.807) is 0 Å². The van der Waals surface area contributed by atoms with Gasteiger partial charge in [0.2, 0.25) is 0 Å². The first-order valence-electron chi connectivity index (χ1n) is 9.42. The van der Waals surface area contributed by atoms with Crippen LogP contribution in [0, 0.1) is 0 Å². The molecule has 0 aliphatic carbocycles. The fourth-order valence-corrected chi connectivity index (χ4v) is 3.83. The number of hydrazine groups is 1. The van der Waals surface area contributed by atoms with Gasteiger partial charge in [0, 0.05) is 23.0 Å². The Balaban J connectivity index is 1.62. The van der Waals surface area contributed by atoms with Gasteiger partial charge in [0.05, 0.1) is 12.1 Å². The van der Waals surface area contributed by atoms with Crippen molar-refractivity contribution in [3.63, 3.8) is 0 Å². The zero-order valence-electron chi connectivity index (χ0n) is 15.8. The standard InChI is InChI=1S/C22H26N4/c1-13-15(3)23-21(19-11-7-5-9-17(13)19)25-26-22-20-12-8-6-10-18(20)14(2)16(4)24-22/h5-16H,1-4H3,(H,23,25)(H,24,26). The molecule has 2 aliphatic heterocycles. The average Bonchev–Trinajstić information content (AvgIpc) is 2.67. The topological polar surface area (TPSA) is 48.8 Å². The highest BCUT2D eigenvalue weighted by atomic mass is 15.4. The molecular formula is C22H26N4. The van der Waals surface area contributed by atoms with E-state index in [2.05, 4.69) is 87.1 Å². The molecule has 0 radical (unpaired) electrons. The van der Waals surface area contributed by atoms with Crippen molar-refractivity contribution < 1.29 is 0 Å². The number of hydrogen-bond acceptors (Lipinski definition) is 4. The van der Waals surface area contributed by atoms with Crippen molar-refractivity contribution in [2.75, 3.05) is 0 Å². The van der Waals surface area contributed by atoms with Crippen molar-refractivity contribution in [2.24, 2.45) is 9.98 Å². The second-order valence-electron chi connectivity index (χ2n) is 7.44. The number of benzene rings is 2. The van der Waals surface area contributed by atoms with E-state index in [1.807, 2.05) is 0 Å². The quantitative estimate of drug-likeness (QED) is 0.709.